The third kappa shape index (κ3) is 4.33. The largest absolute Gasteiger partial charge is 0.466 e. The molecule has 0 radical (unpaired) electrons. The average molecular weight is 454 g/mol. The lowest BCUT2D eigenvalue weighted by Crippen LogP contribution is -2.42. The number of aryl methyl sites for hydroxylation is 2. The fraction of sp³-hybridized carbons (Fsp3) is 0.476. The van der Waals surface area contributed by atoms with Crippen molar-refractivity contribution >= 4 is 41.8 Å². The van der Waals surface area contributed by atoms with Crippen LogP contribution in [-0.4, -0.2) is 44.7 Å². The van der Waals surface area contributed by atoms with E-state index in [0.717, 1.165) is 46.7 Å². The number of rotatable bonds is 3. The van der Waals surface area contributed by atoms with Crippen LogP contribution in [0.25, 0.3) is 22.3 Å². The summed E-state index contributed by atoms with van der Waals surface area (Å²) < 4.78 is 7.56. The Labute approximate surface area is 188 Å². The van der Waals surface area contributed by atoms with Gasteiger partial charge in [-0.05, 0) is 52.7 Å². The van der Waals surface area contributed by atoms with E-state index >= 15 is 0 Å². The van der Waals surface area contributed by atoms with E-state index in [2.05, 4.69) is 18.9 Å². The second-order valence-electron chi connectivity index (χ2n) is 7.93. The standard InChI is InChI=1S/C21H27N5O2.2ClH/c1-12(2)26-20-18(11-23-26)17(21(27)25-7-5-15(22)6-8-25)10-19(24-20)16-9-13(3)28-14(16)4;;/h9-12,15H,5-8,22H2,1-4H3;2*1H. The summed E-state index contributed by atoms with van der Waals surface area (Å²) in [6.45, 7) is 9.31. The molecule has 1 amide bonds. The number of fused-ring (bicyclic) bond motifs is 1. The number of amides is 1. The van der Waals surface area contributed by atoms with Crippen molar-refractivity contribution in [2.24, 2.45) is 5.73 Å². The van der Waals surface area contributed by atoms with E-state index in [0.29, 0.717) is 18.7 Å². The van der Waals surface area contributed by atoms with Gasteiger partial charge in [0.05, 0.1) is 22.8 Å². The Bertz CT molecular complexity index is 1040. The maximum atomic E-state index is 13.4. The summed E-state index contributed by atoms with van der Waals surface area (Å²) in [6, 6.07) is 4.16. The lowest BCUT2D eigenvalue weighted by molar-refractivity contribution is 0.0716. The molecule has 0 aromatic carbocycles. The van der Waals surface area contributed by atoms with E-state index in [1.165, 1.54) is 0 Å². The molecule has 4 rings (SSSR count). The first kappa shape index (κ1) is 24.2. The molecule has 1 fully saturated rings. The van der Waals surface area contributed by atoms with Crippen LogP contribution >= 0.6 is 24.8 Å². The predicted octanol–water partition coefficient (Wildman–Crippen LogP) is 4.30. The second-order valence-corrected chi connectivity index (χ2v) is 7.93. The van der Waals surface area contributed by atoms with E-state index in [4.69, 9.17) is 15.1 Å². The Kier molecular flexibility index (Phi) is 7.55. The van der Waals surface area contributed by atoms with E-state index in [1.54, 1.807) is 6.20 Å². The minimum Gasteiger partial charge on any atom is -0.466 e. The van der Waals surface area contributed by atoms with Gasteiger partial charge in [-0.25, -0.2) is 9.67 Å². The zero-order chi connectivity index (χ0) is 20.0. The molecule has 1 aliphatic rings. The van der Waals surface area contributed by atoms with Crippen LogP contribution < -0.4 is 5.73 Å². The quantitative estimate of drug-likeness (QED) is 0.638. The molecule has 1 aliphatic heterocycles. The number of halogens is 2. The number of aromatic nitrogens is 3. The molecule has 0 bridgehead atoms. The molecule has 0 spiro atoms. The van der Waals surface area contributed by atoms with E-state index in [-0.39, 0.29) is 42.8 Å². The van der Waals surface area contributed by atoms with E-state index in [1.807, 2.05) is 35.6 Å². The highest BCUT2D eigenvalue weighted by atomic mass is 35.5. The summed E-state index contributed by atoms with van der Waals surface area (Å²) in [5, 5.41) is 5.28. The fourth-order valence-electron chi connectivity index (χ4n) is 3.87. The van der Waals surface area contributed by atoms with Crippen LogP contribution in [0.15, 0.2) is 22.7 Å². The second kappa shape index (κ2) is 9.37. The van der Waals surface area contributed by atoms with Crippen molar-refractivity contribution in [2.45, 2.75) is 52.6 Å². The number of furan rings is 1. The molecule has 2 N–H and O–H groups in total. The molecule has 4 heterocycles. The average Bonchev–Trinajstić information content (AvgIpc) is 3.23. The molecular weight excluding hydrogens is 425 g/mol. The summed E-state index contributed by atoms with van der Waals surface area (Å²) in [6.07, 6.45) is 3.42. The molecule has 0 unspecified atom stereocenters. The zero-order valence-corrected chi connectivity index (χ0v) is 19.3. The molecule has 3 aromatic heterocycles. The Hall–Kier alpha value is -2.09. The summed E-state index contributed by atoms with van der Waals surface area (Å²) in [5.41, 5.74) is 9.02. The van der Waals surface area contributed by atoms with Gasteiger partial charge >= 0.3 is 0 Å². The molecule has 30 heavy (non-hydrogen) atoms. The van der Waals surface area contributed by atoms with Crippen molar-refractivity contribution in [1.82, 2.24) is 19.7 Å². The van der Waals surface area contributed by atoms with Crippen LogP contribution in [0.2, 0.25) is 0 Å². The topological polar surface area (TPSA) is 90.2 Å². The van der Waals surface area contributed by atoms with Crippen molar-refractivity contribution in [3.8, 4) is 11.3 Å². The highest BCUT2D eigenvalue weighted by Gasteiger charge is 2.26. The zero-order valence-electron chi connectivity index (χ0n) is 17.7. The SMILES string of the molecule is Cc1cc(-c2cc(C(=O)N3CCC(N)CC3)c3cnn(C(C)C)c3n2)c(C)o1.Cl.Cl. The summed E-state index contributed by atoms with van der Waals surface area (Å²) in [7, 11) is 0. The normalized spacial score (nSPS) is 14.7. The number of hydrogen-bond donors (Lipinski definition) is 1. The van der Waals surface area contributed by atoms with Gasteiger partial charge in [0, 0.05) is 30.7 Å². The van der Waals surface area contributed by atoms with E-state index in [9.17, 15) is 4.79 Å². The number of hydrogen-bond acceptors (Lipinski definition) is 5. The highest BCUT2D eigenvalue weighted by Crippen LogP contribution is 2.31. The molecule has 0 atom stereocenters. The minimum absolute atomic E-state index is 0. The Balaban J connectivity index is 0.00000160. The van der Waals surface area contributed by atoms with Gasteiger partial charge in [0.1, 0.15) is 11.5 Å². The molecule has 164 valence electrons. The van der Waals surface area contributed by atoms with Crippen LogP contribution in [0.5, 0.6) is 0 Å². The first-order chi connectivity index (χ1) is 13.3. The molecular formula is C21H29Cl2N5O2. The lowest BCUT2D eigenvalue weighted by Gasteiger charge is -2.30. The molecule has 9 heteroatoms. The van der Waals surface area contributed by atoms with Gasteiger partial charge in [-0.2, -0.15) is 5.10 Å². The molecule has 3 aromatic rings. The minimum atomic E-state index is 0. The Morgan fingerprint density at radius 1 is 1.20 bits per heavy atom. The predicted molar refractivity (Wildman–Crippen MR) is 123 cm³/mol. The number of carbonyl (C=O) groups excluding carboxylic acids is 1. The number of carbonyl (C=O) groups is 1. The lowest BCUT2D eigenvalue weighted by atomic mass is 10.0. The van der Waals surface area contributed by atoms with Gasteiger partial charge in [0.15, 0.2) is 5.65 Å². The molecule has 1 saturated heterocycles. The first-order valence-electron chi connectivity index (χ1n) is 9.85. The van der Waals surface area contributed by atoms with Gasteiger partial charge in [-0.15, -0.1) is 24.8 Å². The third-order valence-electron chi connectivity index (χ3n) is 5.43. The van der Waals surface area contributed by atoms with Gasteiger partial charge < -0.3 is 15.1 Å². The highest BCUT2D eigenvalue weighted by molar-refractivity contribution is 6.06. The maximum Gasteiger partial charge on any atom is 0.254 e. The summed E-state index contributed by atoms with van der Waals surface area (Å²) >= 11 is 0. The van der Waals surface area contributed by atoms with Crippen molar-refractivity contribution < 1.29 is 9.21 Å². The van der Waals surface area contributed by atoms with Crippen LogP contribution in [-0.2, 0) is 0 Å². The molecule has 0 aliphatic carbocycles. The van der Waals surface area contributed by atoms with Crippen LogP contribution in [0, 0.1) is 13.8 Å². The van der Waals surface area contributed by atoms with E-state index < -0.39 is 0 Å². The fourth-order valence-corrected chi connectivity index (χ4v) is 3.87. The van der Waals surface area contributed by atoms with Crippen LogP contribution in [0.1, 0.15) is 54.6 Å². The Morgan fingerprint density at radius 3 is 2.43 bits per heavy atom. The number of likely N-dealkylation sites (tertiary alicyclic amines) is 1. The first-order valence-corrected chi connectivity index (χ1v) is 9.85. The Morgan fingerprint density at radius 2 is 1.87 bits per heavy atom. The number of nitrogens with zero attached hydrogens (tertiary/aromatic N) is 4. The van der Waals surface area contributed by atoms with Crippen molar-refractivity contribution in [3.05, 3.63) is 35.4 Å². The molecule has 7 nitrogen and oxygen atoms in total. The van der Waals surface area contributed by atoms with Crippen LogP contribution in [0.4, 0.5) is 0 Å². The van der Waals surface area contributed by atoms with Gasteiger partial charge in [-0.3, -0.25) is 4.79 Å². The van der Waals surface area contributed by atoms with Crippen LogP contribution in [0.3, 0.4) is 0 Å². The van der Waals surface area contributed by atoms with Crippen molar-refractivity contribution in [2.75, 3.05) is 13.1 Å². The van der Waals surface area contributed by atoms with Gasteiger partial charge in [0.2, 0.25) is 0 Å². The number of nitrogens with two attached hydrogens (primary N) is 1. The monoisotopic (exact) mass is 453 g/mol. The van der Waals surface area contributed by atoms with Gasteiger partial charge in [-0.1, -0.05) is 0 Å². The number of pyridine rings is 1. The third-order valence-corrected chi connectivity index (χ3v) is 5.43. The number of piperidine rings is 1. The van der Waals surface area contributed by atoms with Crippen molar-refractivity contribution in [3.63, 3.8) is 0 Å². The molecule has 0 saturated carbocycles. The smallest absolute Gasteiger partial charge is 0.254 e. The summed E-state index contributed by atoms with van der Waals surface area (Å²) in [4.78, 5) is 20.1. The maximum absolute atomic E-state index is 13.4. The summed E-state index contributed by atoms with van der Waals surface area (Å²) in [5.74, 6) is 1.63. The van der Waals surface area contributed by atoms with Gasteiger partial charge in [0.25, 0.3) is 5.91 Å². The van der Waals surface area contributed by atoms with Crippen molar-refractivity contribution in [1.29, 1.82) is 0 Å².